The minimum Gasteiger partial charge on any atom is -0.346 e. The molecule has 102 valence electrons. The van der Waals surface area contributed by atoms with Crippen LogP contribution in [0.2, 0.25) is 0 Å². The summed E-state index contributed by atoms with van der Waals surface area (Å²) >= 11 is 1.62. The molecule has 1 aromatic rings. The number of thiazole rings is 1. The molecule has 1 aliphatic rings. The molecule has 5 heteroatoms. The van der Waals surface area contributed by atoms with Crippen molar-refractivity contribution in [3.05, 3.63) is 16.1 Å². The molecule has 0 radical (unpaired) electrons. The minimum absolute atomic E-state index is 0.126. The fourth-order valence-corrected chi connectivity index (χ4v) is 3.40. The van der Waals surface area contributed by atoms with Gasteiger partial charge in [-0.2, -0.15) is 5.26 Å². The third kappa shape index (κ3) is 2.64. The van der Waals surface area contributed by atoms with E-state index in [2.05, 4.69) is 30.2 Å². The zero-order valence-electron chi connectivity index (χ0n) is 11.6. The molecular weight excluding hydrogens is 258 g/mol. The van der Waals surface area contributed by atoms with Crippen molar-refractivity contribution in [3.63, 3.8) is 0 Å². The molecule has 1 N–H and O–H groups in total. The van der Waals surface area contributed by atoms with Gasteiger partial charge in [-0.15, -0.1) is 11.3 Å². The summed E-state index contributed by atoms with van der Waals surface area (Å²) in [5, 5.41) is 13.1. The normalized spacial score (nSPS) is 27.2. The smallest absolute Gasteiger partial charge is 0.241 e. The lowest BCUT2D eigenvalue weighted by Gasteiger charge is -2.39. The number of nitrogens with zero attached hydrogens (tertiary/aromatic N) is 2. The van der Waals surface area contributed by atoms with Crippen LogP contribution in [0.5, 0.6) is 0 Å². The first-order valence-electron chi connectivity index (χ1n) is 6.67. The zero-order chi connectivity index (χ0) is 14.0. The second-order valence-corrected chi connectivity index (χ2v) is 6.57. The van der Waals surface area contributed by atoms with E-state index in [9.17, 15) is 10.1 Å². The van der Waals surface area contributed by atoms with E-state index in [0.717, 1.165) is 11.4 Å². The topological polar surface area (TPSA) is 65.8 Å². The summed E-state index contributed by atoms with van der Waals surface area (Å²) in [4.78, 5) is 17.8. The Morgan fingerprint density at radius 1 is 1.74 bits per heavy atom. The standard InChI is InChI=1S/C14H19N3OS/c1-4-11-7-16-12(19-11)10(3)17-13(18)14(8-15)5-9(2)6-14/h7,9-10H,4-6H2,1-3H3,(H,17,18). The second-order valence-electron chi connectivity index (χ2n) is 5.42. The fraction of sp³-hybridized carbons (Fsp3) is 0.643. The maximum Gasteiger partial charge on any atom is 0.241 e. The predicted octanol–water partition coefficient (Wildman–Crippen LogP) is 2.82. The van der Waals surface area contributed by atoms with Gasteiger partial charge in [0.25, 0.3) is 0 Å². The molecule has 4 nitrogen and oxygen atoms in total. The van der Waals surface area contributed by atoms with Crippen LogP contribution in [-0.2, 0) is 11.2 Å². The van der Waals surface area contributed by atoms with Crippen LogP contribution in [0.15, 0.2) is 6.20 Å². The van der Waals surface area contributed by atoms with Gasteiger partial charge in [-0.3, -0.25) is 4.79 Å². The maximum absolute atomic E-state index is 12.2. The molecule has 1 aliphatic carbocycles. The summed E-state index contributed by atoms with van der Waals surface area (Å²) < 4.78 is 0. The zero-order valence-corrected chi connectivity index (χ0v) is 12.4. The summed E-state index contributed by atoms with van der Waals surface area (Å²) in [6.45, 7) is 6.07. The molecule has 1 heterocycles. The number of aromatic nitrogens is 1. The first-order valence-corrected chi connectivity index (χ1v) is 7.49. The van der Waals surface area contributed by atoms with Gasteiger partial charge >= 0.3 is 0 Å². The van der Waals surface area contributed by atoms with Crippen LogP contribution >= 0.6 is 11.3 Å². The highest BCUT2D eigenvalue weighted by atomic mass is 32.1. The Kier molecular flexibility index (Phi) is 3.91. The largest absolute Gasteiger partial charge is 0.346 e. The van der Waals surface area contributed by atoms with Gasteiger partial charge in [-0.25, -0.2) is 4.98 Å². The van der Waals surface area contributed by atoms with E-state index in [-0.39, 0.29) is 11.9 Å². The molecule has 2 rings (SSSR count). The summed E-state index contributed by atoms with van der Waals surface area (Å²) in [6, 6.07) is 2.06. The molecule has 0 saturated heterocycles. The van der Waals surface area contributed by atoms with E-state index in [4.69, 9.17) is 0 Å². The Morgan fingerprint density at radius 3 is 2.89 bits per heavy atom. The first kappa shape index (κ1) is 14.0. The monoisotopic (exact) mass is 277 g/mol. The van der Waals surface area contributed by atoms with Crippen LogP contribution in [0.3, 0.4) is 0 Å². The Morgan fingerprint density at radius 2 is 2.42 bits per heavy atom. The average molecular weight is 277 g/mol. The van der Waals surface area contributed by atoms with Crippen molar-refractivity contribution in [1.29, 1.82) is 5.26 Å². The number of hydrogen-bond donors (Lipinski definition) is 1. The number of carbonyl (C=O) groups excluding carboxylic acids is 1. The molecule has 19 heavy (non-hydrogen) atoms. The van der Waals surface area contributed by atoms with Crippen molar-refractivity contribution in [3.8, 4) is 6.07 Å². The molecule has 1 atom stereocenters. The number of rotatable bonds is 4. The molecular formula is C14H19N3OS. The molecule has 1 amide bonds. The second kappa shape index (κ2) is 5.30. The number of carbonyl (C=O) groups is 1. The van der Waals surface area contributed by atoms with Gasteiger partial charge < -0.3 is 5.32 Å². The van der Waals surface area contributed by atoms with Gasteiger partial charge in [0, 0.05) is 11.1 Å². The Hall–Kier alpha value is -1.41. The highest BCUT2D eigenvalue weighted by molar-refractivity contribution is 7.11. The lowest BCUT2D eigenvalue weighted by atomic mass is 9.63. The first-order chi connectivity index (χ1) is 9.00. The number of nitrogens with one attached hydrogen (secondary N) is 1. The van der Waals surface area contributed by atoms with Crippen LogP contribution in [0.25, 0.3) is 0 Å². The van der Waals surface area contributed by atoms with Gasteiger partial charge in [0.15, 0.2) is 0 Å². The average Bonchev–Trinajstić information content (AvgIpc) is 2.83. The third-order valence-corrected chi connectivity index (χ3v) is 5.00. The molecule has 0 aliphatic heterocycles. The summed E-state index contributed by atoms with van der Waals surface area (Å²) in [5.41, 5.74) is -0.807. The van der Waals surface area contributed by atoms with Crippen molar-refractivity contribution in [2.24, 2.45) is 11.3 Å². The van der Waals surface area contributed by atoms with Gasteiger partial charge in [-0.05, 0) is 32.1 Å². The predicted molar refractivity (Wildman–Crippen MR) is 74.5 cm³/mol. The molecule has 0 bridgehead atoms. The van der Waals surface area contributed by atoms with Crippen LogP contribution in [0.4, 0.5) is 0 Å². The highest BCUT2D eigenvalue weighted by Crippen LogP contribution is 2.45. The van der Waals surface area contributed by atoms with E-state index in [1.807, 2.05) is 13.1 Å². The molecule has 1 fully saturated rings. The Labute approximate surface area is 117 Å². The van der Waals surface area contributed by atoms with Crippen LogP contribution in [0, 0.1) is 22.7 Å². The van der Waals surface area contributed by atoms with Crippen LogP contribution in [-0.4, -0.2) is 10.9 Å². The number of amides is 1. The molecule has 1 unspecified atom stereocenters. The highest BCUT2D eigenvalue weighted by Gasteiger charge is 2.49. The summed E-state index contributed by atoms with van der Waals surface area (Å²) in [6.07, 6.45) is 4.15. The fourth-order valence-electron chi connectivity index (χ4n) is 2.54. The lowest BCUT2D eigenvalue weighted by Crippen LogP contribution is -2.48. The third-order valence-electron chi connectivity index (χ3n) is 3.68. The van der Waals surface area contributed by atoms with E-state index in [1.165, 1.54) is 4.88 Å². The molecule has 0 spiro atoms. The SMILES string of the molecule is CCc1cnc(C(C)NC(=O)C2(C#N)CC(C)C2)s1. The van der Waals surface area contributed by atoms with E-state index in [0.29, 0.717) is 18.8 Å². The molecule has 1 aromatic heterocycles. The van der Waals surface area contributed by atoms with Crippen LogP contribution < -0.4 is 5.32 Å². The summed E-state index contributed by atoms with van der Waals surface area (Å²) in [5.74, 6) is 0.320. The lowest BCUT2D eigenvalue weighted by molar-refractivity contribution is -0.134. The van der Waals surface area contributed by atoms with Crippen molar-refractivity contribution >= 4 is 17.2 Å². The van der Waals surface area contributed by atoms with Gasteiger partial charge in [0.1, 0.15) is 10.4 Å². The quantitative estimate of drug-likeness (QED) is 0.920. The Bertz CT molecular complexity index is 511. The van der Waals surface area contributed by atoms with Gasteiger partial charge in [-0.1, -0.05) is 13.8 Å². The van der Waals surface area contributed by atoms with E-state index >= 15 is 0 Å². The summed E-state index contributed by atoms with van der Waals surface area (Å²) in [7, 11) is 0. The van der Waals surface area contributed by atoms with Gasteiger partial charge in [0.05, 0.1) is 12.1 Å². The number of nitriles is 1. The molecule has 1 saturated carbocycles. The van der Waals surface area contributed by atoms with Crippen molar-refractivity contribution in [1.82, 2.24) is 10.3 Å². The van der Waals surface area contributed by atoms with E-state index < -0.39 is 5.41 Å². The number of hydrogen-bond acceptors (Lipinski definition) is 4. The van der Waals surface area contributed by atoms with Crippen molar-refractivity contribution in [2.75, 3.05) is 0 Å². The minimum atomic E-state index is -0.807. The van der Waals surface area contributed by atoms with Crippen LogP contribution in [0.1, 0.15) is 49.5 Å². The van der Waals surface area contributed by atoms with Crippen molar-refractivity contribution < 1.29 is 4.79 Å². The van der Waals surface area contributed by atoms with E-state index in [1.54, 1.807) is 11.3 Å². The maximum atomic E-state index is 12.2. The van der Waals surface area contributed by atoms with Crippen molar-refractivity contribution in [2.45, 2.75) is 46.1 Å². The number of aryl methyl sites for hydroxylation is 1. The molecule has 0 aromatic carbocycles. The van der Waals surface area contributed by atoms with Gasteiger partial charge in [0.2, 0.25) is 5.91 Å². The Balaban J connectivity index is 2.01.